The highest BCUT2D eigenvalue weighted by atomic mass is 19.1. The van der Waals surface area contributed by atoms with Crippen LogP contribution in [0.2, 0.25) is 0 Å². The Bertz CT molecular complexity index is 466. The Hall–Kier alpha value is -1.42. The molecule has 0 spiro atoms. The fraction of sp³-hybridized carbons (Fsp3) is 0.533. The number of nitrogens with zero attached hydrogens (tertiary/aromatic N) is 1. The first kappa shape index (κ1) is 12.6. The predicted octanol–water partition coefficient (Wildman–Crippen LogP) is 1.88. The number of likely N-dealkylation sites (tertiary alicyclic amines) is 1. The van der Waals surface area contributed by atoms with Gasteiger partial charge in [-0.1, -0.05) is 12.1 Å². The predicted molar refractivity (Wildman–Crippen MR) is 71.0 cm³/mol. The fourth-order valence-corrected chi connectivity index (χ4v) is 2.90. The van der Waals surface area contributed by atoms with Crippen molar-refractivity contribution in [2.75, 3.05) is 13.1 Å². The molecule has 2 N–H and O–H groups in total. The summed E-state index contributed by atoms with van der Waals surface area (Å²) < 4.78 is 12.9. The molecule has 1 aliphatic carbocycles. The highest BCUT2D eigenvalue weighted by Gasteiger charge is 2.45. The van der Waals surface area contributed by atoms with Gasteiger partial charge in [0.15, 0.2) is 0 Å². The summed E-state index contributed by atoms with van der Waals surface area (Å²) in [6.45, 7) is 1.57. The normalized spacial score (nSPS) is 27.4. The summed E-state index contributed by atoms with van der Waals surface area (Å²) in [6.07, 6.45) is 2.70. The molecule has 1 amide bonds. The van der Waals surface area contributed by atoms with Gasteiger partial charge < -0.3 is 10.6 Å². The first-order valence-electron chi connectivity index (χ1n) is 6.95. The number of nitrogens with two attached hydrogens (primary N) is 1. The Balaban J connectivity index is 1.60. The number of halogens is 1. The molecule has 3 rings (SSSR count). The van der Waals surface area contributed by atoms with Gasteiger partial charge in [0.05, 0.1) is 0 Å². The minimum atomic E-state index is -0.225. The third-order valence-electron chi connectivity index (χ3n) is 4.26. The number of carbonyl (C=O) groups is 1. The number of hydrogen-bond acceptors (Lipinski definition) is 2. The molecule has 2 fully saturated rings. The third kappa shape index (κ3) is 2.63. The van der Waals surface area contributed by atoms with Crippen LogP contribution in [-0.2, 0) is 4.79 Å². The van der Waals surface area contributed by atoms with Crippen molar-refractivity contribution < 1.29 is 9.18 Å². The van der Waals surface area contributed by atoms with E-state index in [-0.39, 0.29) is 29.6 Å². The van der Waals surface area contributed by atoms with Crippen LogP contribution in [0.4, 0.5) is 4.39 Å². The highest BCUT2D eigenvalue weighted by Crippen LogP contribution is 2.48. The second-order valence-electron chi connectivity index (χ2n) is 5.66. The molecule has 1 aliphatic heterocycles. The molecule has 19 heavy (non-hydrogen) atoms. The topological polar surface area (TPSA) is 46.3 Å². The smallest absolute Gasteiger partial charge is 0.226 e. The highest BCUT2D eigenvalue weighted by molar-refractivity contribution is 5.83. The molecule has 2 atom stereocenters. The molecule has 0 aromatic heterocycles. The number of rotatable bonds is 2. The minimum absolute atomic E-state index is 0.0970. The Morgan fingerprint density at radius 2 is 1.84 bits per heavy atom. The maximum Gasteiger partial charge on any atom is 0.226 e. The molecule has 0 bridgehead atoms. The van der Waals surface area contributed by atoms with E-state index in [1.165, 1.54) is 12.1 Å². The SMILES string of the molecule is NC1CCN(C(=O)C2CC2c2ccc(F)cc2)CC1. The van der Waals surface area contributed by atoms with Crippen molar-refractivity contribution in [3.8, 4) is 0 Å². The average molecular weight is 262 g/mol. The van der Waals surface area contributed by atoms with Crippen LogP contribution < -0.4 is 5.73 Å². The van der Waals surface area contributed by atoms with Gasteiger partial charge in [0, 0.05) is 25.0 Å². The summed E-state index contributed by atoms with van der Waals surface area (Å²) >= 11 is 0. The van der Waals surface area contributed by atoms with Gasteiger partial charge in [-0.05, 0) is 42.9 Å². The molecule has 0 radical (unpaired) electrons. The number of benzene rings is 1. The lowest BCUT2D eigenvalue weighted by Crippen LogP contribution is -2.43. The van der Waals surface area contributed by atoms with Crippen LogP contribution in [0, 0.1) is 11.7 Å². The second-order valence-corrected chi connectivity index (χ2v) is 5.66. The van der Waals surface area contributed by atoms with Crippen LogP contribution in [0.5, 0.6) is 0 Å². The van der Waals surface area contributed by atoms with Gasteiger partial charge in [-0.15, -0.1) is 0 Å². The van der Waals surface area contributed by atoms with Crippen LogP contribution in [-0.4, -0.2) is 29.9 Å². The summed E-state index contributed by atoms with van der Waals surface area (Å²) in [7, 11) is 0. The van der Waals surface area contributed by atoms with Crippen LogP contribution >= 0.6 is 0 Å². The van der Waals surface area contributed by atoms with Gasteiger partial charge in [0.2, 0.25) is 5.91 Å². The van der Waals surface area contributed by atoms with Crippen molar-refractivity contribution in [3.63, 3.8) is 0 Å². The van der Waals surface area contributed by atoms with Crippen molar-refractivity contribution in [2.24, 2.45) is 11.7 Å². The van der Waals surface area contributed by atoms with E-state index >= 15 is 0 Å². The maximum atomic E-state index is 12.9. The Labute approximate surface area is 112 Å². The van der Waals surface area contributed by atoms with E-state index in [0.717, 1.165) is 37.9 Å². The molecule has 1 saturated heterocycles. The number of hydrogen-bond donors (Lipinski definition) is 1. The molecule has 1 aromatic carbocycles. The fourth-order valence-electron chi connectivity index (χ4n) is 2.90. The van der Waals surface area contributed by atoms with E-state index < -0.39 is 0 Å². The van der Waals surface area contributed by atoms with Crippen LogP contribution in [0.25, 0.3) is 0 Å². The summed E-state index contributed by atoms with van der Waals surface area (Å²) in [5.41, 5.74) is 6.93. The first-order chi connectivity index (χ1) is 9.15. The van der Waals surface area contributed by atoms with E-state index in [9.17, 15) is 9.18 Å². The standard InChI is InChI=1S/C15H19FN2O/c16-11-3-1-10(2-4-11)13-9-14(13)15(19)18-7-5-12(17)6-8-18/h1-4,12-14H,5-9,17H2. The maximum absolute atomic E-state index is 12.9. The van der Waals surface area contributed by atoms with E-state index in [1.807, 2.05) is 4.90 Å². The molecule has 2 unspecified atom stereocenters. The van der Waals surface area contributed by atoms with Crippen LogP contribution in [0.3, 0.4) is 0 Å². The molecule has 3 nitrogen and oxygen atoms in total. The van der Waals surface area contributed by atoms with E-state index in [0.29, 0.717) is 0 Å². The quantitative estimate of drug-likeness (QED) is 0.884. The number of amides is 1. The van der Waals surface area contributed by atoms with Crippen molar-refractivity contribution in [1.82, 2.24) is 4.90 Å². The minimum Gasteiger partial charge on any atom is -0.342 e. The van der Waals surface area contributed by atoms with E-state index in [4.69, 9.17) is 5.73 Å². The lowest BCUT2D eigenvalue weighted by atomic mass is 10.0. The molecule has 1 saturated carbocycles. The summed E-state index contributed by atoms with van der Waals surface area (Å²) in [6, 6.07) is 6.76. The molecule has 1 heterocycles. The number of piperidine rings is 1. The Morgan fingerprint density at radius 3 is 2.47 bits per heavy atom. The second kappa shape index (κ2) is 4.93. The van der Waals surface area contributed by atoms with Crippen molar-refractivity contribution in [1.29, 1.82) is 0 Å². The Morgan fingerprint density at radius 1 is 1.21 bits per heavy atom. The number of carbonyl (C=O) groups excluding carboxylic acids is 1. The first-order valence-corrected chi connectivity index (χ1v) is 6.95. The summed E-state index contributed by atoms with van der Waals surface area (Å²) in [5, 5.41) is 0. The average Bonchev–Trinajstić information content (AvgIpc) is 3.20. The van der Waals surface area contributed by atoms with Gasteiger partial charge in [-0.2, -0.15) is 0 Å². The van der Waals surface area contributed by atoms with Gasteiger partial charge in [0.25, 0.3) is 0 Å². The van der Waals surface area contributed by atoms with Crippen molar-refractivity contribution in [3.05, 3.63) is 35.6 Å². The molecule has 2 aliphatic rings. The lowest BCUT2D eigenvalue weighted by Gasteiger charge is -2.30. The molecule has 4 heteroatoms. The van der Waals surface area contributed by atoms with Gasteiger partial charge >= 0.3 is 0 Å². The zero-order chi connectivity index (χ0) is 13.4. The zero-order valence-corrected chi connectivity index (χ0v) is 10.9. The monoisotopic (exact) mass is 262 g/mol. The lowest BCUT2D eigenvalue weighted by molar-refractivity contribution is -0.133. The van der Waals surface area contributed by atoms with E-state index in [2.05, 4.69) is 0 Å². The van der Waals surface area contributed by atoms with Crippen LogP contribution in [0.15, 0.2) is 24.3 Å². The molecule has 102 valence electrons. The summed E-state index contributed by atoms with van der Waals surface area (Å²) in [4.78, 5) is 14.3. The molecular weight excluding hydrogens is 243 g/mol. The van der Waals surface area contributed by atoms with Gasteiger partial charge in [0.1, 0.15) is 5.82 Å². The largest absolute Gasteiger partial charge is 0.342 e. The van der Waals surface area contributed by atoms with E-state index in [1.54, 1.807) is 12.1 Å². The molecule has 1 aromatic rings. The molecular formula is C15H19FN2O. The van der Waals surface area contributed by atoms with Crippen molar-refractivity contribution in [2.45, 2.75) is 31.2 Å². The third-order valence-corrected chi connectivity index (χ3v) is 4.26. The Kier molecular flexibility index (Phi) is 3.27. The van der Waals surface area contributed by atoms with Crippen LogP contribution in [0.1, 0.15) is 30.7 Å². The van der Waals surface area contributed by atoms with Crippen molar-refractivity contribution >= 4 is 5.91 Å². The zero-order valence-electron chi connectivity index (χ0n) is 10.9. The van der Waals surface area contributed by atoms with Gasteiger partial charge in [-0.25, -0.2) is 4.39 Å². The summed E-state index contributed by atoms with van der Waals surface area (Å²) in [5.74, 6) is 0.405. The van der Waals surface area contributed by atoms with Gasteiger partial charge in [-0.3, -0.25) is 4.79 Å².